The Morgan fingerprint density at radius 1 is 1.11 bits per heavy atom. The molecule has 3 heterocycles. The summed E-state index contributed by atoms with van der Waals surface area (Å²) in [6.45, 7) is 2.12. The maximum absolute atomic E-state index is 14.0. The molecule has 0 radical (unpaired) electrons. The zero-order chi connectivity index (χ0) is 24.4. The Kier molecular flexibility index (Phi) is 6.65. The van der Waals surface area contributed by atoms with Crippen molar-refractivity contribution in [2.24, 2.45) is 0 Å². The molecule has 0 unspecified atom stereocenters. The molecule has 184 valence electrons. The second kappa shape index (κ2) is 9.85. The lowest BCUT2D eigenvalue weighted by molar-refractivity contribution is -0.127. The molecule has 0 bridgehead atoms. The monoisotopic (exact) mass is 492 g/mol. The van der Waals surface area contributed by atoms with E-state index >= 15 is 0 Å². The molecule has 7 nitrogen and oxygen atoms in total. The van der Waals surface area contributed by atoms with E-state index in [2.05, 4.69) is 5.32 Å². The summed E-state index contributed by atoms with van der Waals surface area (Å²) in [6, 6.07) is 13.3. The second-order valence-electron chi connectivity index (χ2n) is 9.68. The van der Waals surface area contributed by atoms with Gasteiger partial charge in [-0.05, 0) is 49.4 Å². The lowest BCUT2D eigenvalue weighted by Crippen LogP contribution is -2.65. The van der Waals surface area contributed by atoms with Crippen molar-refractivity contribution in [3.63, 3.8) is 0 Å². The summed E-state index contributed by atoms with van der Waals surface area (Å²) in [5, 5.41) is 10.0. The van der Waals surface area contributed by atoms with Crippen LogP contribution in [-0.2, 0) is 11.3 Å². The second-order valence-corrected chi connectivity index (χ2v) is 10.6. The summed E-state index contributed by atoms with van der Waals surface area (Å²) in [4.78, 5) is 30.5. The number of carbonyl (C=O) groups excluding carboxylic acids is 2. The highest BCUT2D eigenvalue weighted by Crippen LogP contribution is 2.36. The third-order valence-electron chi connectivity index (χ3n) is 7.17. The SMILES string of the molecule is COc1cccc(N2C(=O)c3cc(-c4cccs4)nn3C[C@]2(C)C(=O)NC2CCCCCCC2)c1. The average Bonchev–Trinajstić information content (AvgIpc) is 3.51. The minimum absolute atomic E-state index is 0.127. The third-order valence-corrected chi connectivity index (χ3v) is 8.06. The maximum atomic E-state index is 14.0. The van der Waals surface area contributed by atoms with E-state index in [0.29, 0.717) is 17.1 Å². The van der Waals surface area contributed by atoms with E-state index in [1.54, 1.807) is 28.0 Å². The number of aromatic nitrogens is 2. The molecular formula is C27H32N4O3S. The number of carbonyl (C=O) groups is 2. The van der Waals surface area contributed by atoms with Crippen LogP contribution in [0.1, 0.15) is 62.4 Å². The zero-order valence-electron chi connectivity index (χ0n) is 20.3. The first-order chi connectivity index (χ1) is 17.0. The van der Waals surface area contributed by atoms with Crippen LogP contribution in [0.2, 0.25) is 0 Å². The van der Waals surface area contributed by atoms with E-state index in [9.17, 15) is 9.59 Å². The predicted octanol–water partition coefficient (Wildman–Crippen LogP) is 5.27. The predicted molar refractivity (Wildman–Crippen MR) is 138 cm³/mol. The normalized spacial score (nSPS) is 21.2. The van der Waals surface area contributed by atoms with Gasteiger partial charge in [0.1, 0.15) is 22.7 Å². The number of thiophene rings is 1. The Labute approximate surface area is 210 Å². The van der Waals surface area contributed by atoms with Gasteiger partial charge < -0.3 is 10.1 Å². The van der Waals surface area contributed by atoms with Crippen LogP contribution in [0.25, 0.3) is 10.6 Å². The molecule has 35 heavy (non-hydrogen) atoms. The molecule has 0 spiro atoms. The van der Waals surface area contributed by atoms with Crippen molar-refractivity contribution in [2.75, 3.05) is 12.0 Å². The maximum Gasteiger partial charge on any atom is 0.277 e. The fraction of sp³-hybridized carbons (Fsp3) is 0.444. The number of ether oxygens (including phenoxy) is 1. The molecule has 1 aliphatic carbocycles. The topological polar surface area (TPSA) is 76.5 Å². The Hall–Kier alpha value is -3.13. The van der Waals surface area contributed by atoms with E-state index in [4.69, 9.17) is 9.84 Å². The molecule has 2 aromatic heterocycles. The summed E-state index contributed by atoms with van der Waals surface area (Å²) in [5.74, 6) is 0.254. The van der Waals surface area contributed by atoms with Gasteiger partial charge in [-0.25, -0.2) is 0 Å². The highest BCUT2D eigenvalue weighted by molar-refractivity contribution is 7.13. The number of methoxy groups -OCH3 is 1. The number of hydrogen-bond donors (Lipinski definition) is 1. The fourth-order valence-electron chi connectivity index (χ4n) is 5.22. The smallest absolute Gasteiger partial charge is 0.277 e. The molecule has 1 saturated carbocycles. The van der Waals surface area contributed by atoms with Crippen LogP contribution in [0.5, 0.6) is 5.75 Å². The van der Waals surface area contributed by atoms with Crippen molar-refractivity contribution in [3.8, 4) is 16.3 Å². The van der Waals surface area contributed by atoms with Gasteiger partial charge in [0.05, 0.1) is 18.5 Å². The summed E-state index contributed by atoms with van der Waals surface area (Å²) in [7, 11) is 1.60. The molecule has 1 fully saturated rings. The number of anilines is 1. The van der Waals surface area contributed by atoms with Crippen molar-refractivity contribution in [1.29, 1.82) is 0 Å². The molecule has 2 amide bonds. The van der Waals surface area contributed by atoms with Crippen molar-refractivity contribution >= 4 is 28.8 Å². The Morgan fingerprint density at radius 3 is 2.60 bits per heavy atom. The Bertz CT molecular complexity index is 1200. The van der Waals surface area contributed by atoms with Crippen LogP contribution >= 0.6 is 11.3 Å². The third kappa shape index (κ3) is 4.59. The van der Waals surface area contributed by atoms with Crippen molar-refractivity contribution in [2.45, 2.75) is 70.0 Å². The molecule has 8 heteroatoms. The minimum atomic E-state index is -1.14. The molecule has 2 aliphatic rings. The minimum Gasteiger partial charge on any atom is -0.497 e. The number of nitrogens with one attached hydrogen (secondary N) is 1. The molecule has 1 N–H and O–H groups in total. The van der Waals surface area contributed by atoms with Crippen molar-refractivity contribution < 1.29 is 14.3 Å². The number of rotatable bonds is 5. The zero-order valence-corrected chi connectivity index (χ0v) is 21.1. The van der Waals surface area contributed by atoms with Crippen LogP contribution in [0.4, 0.5) is 5.69 Å². The van der Waals surface area contributed by atoms with Crippen LogP contribution < -0.4 is 15.0 Å². The quantitative estimate of drug-likeness (QED) is 0.527. The highest BCUT2D eigenvalue weighted by Gasteiger charge is 2.49. The average molecular weight is 493 g/mol. The first kappa shape index (κ1) is 23.6. The van der Waals surface area contributed by atoms with Gasteiger partial charge in [-0.3, -0.25) is 19.2 Å². The molecule has 3 aromatic rings. The number of benzene rings is 1. The van der Waals surface area contributed by atoms with E-state index < -0.39 is 5.54 Å². The van der Waals surface area contributed by atoms with Crippen LogP contribution in [0.3, 0.4) is 0 Å². The fourth-order valence-corrected chi connectivity index (χ4v) is 5.90. The lowest BCUT2D eigenvalue weighted by Gasteiger charge is -2.43. The Balaban J connectivity index is 1.53. The lowest BCUT2D eigenvalue weighted by atomic mass is 9.91. The van der Waals surface area contributed by atoms with Crippen LogP contribution in [-0.4, -0.2) is 40.3 Å². The van der Waals surface area contributed by atoms with Gasteiger partial charge in [0.15, 0.2) is 0 Å². The molecule has 5 rings (SSSR count). The van der Waals surface area contributed by atoms with E-state index in [1.807, 2.05) is 54.8 Å². The Morgan fingerprint density at radius 2 is 1.89 bits per heavy atom. The molecular weight excluding hydrogens is 460 g/mol. The largest absolute Gasteiger partial charge is 0.497 e. The molecule has 0 saturated heterocycles. The van der Waals surface area contributed by atoms with Gasteiger partial charge in [-0.1, -0.05) is 44.2 Å². The van der Waals surface area contributed by atoms with Gasteiger partial charge in [0.2, 0.25) is 5.91 Å². The van der Waals surface area contributed by atoms with Crippen LogP contribution in [0, 0.1) is 0 Å². The standard InChI is InChI=1S/C27H32N4O3S/c1-27(26(33)28-19-10-6-4-3-5-7-11-19)18-30-23(17-22(29-30)24-14-9-15-35-24)25(32)31(27)20-12-8-13-21(16-20)34-2/h8-9,12-17,19H,3-7,10-11,18H2,1-2H3,(H,28,33)/t27-/m1/s1. The van der Waals surface area contributed by atoms with Gasteiger partial charge in [0, 0.05) is 17.8 Å². The number of amides is 2. The molecule has 1 aliphatic heterocycles. The summed E-state index contributed by atoms with van der Waals surface area (Å²) in [5.41, 5.74) is 0.721. The van der Waals surface area contributed by atoms with Gasteiger partial charge in [0.25, 0.3) is 5.91 Å². The van der Waals surface area contributed by atoms with Crippen molar-refractivity contribution in [1.82, 2.24) is 15.1 Å². The van der Waals surface area contributed by atoms with E-state index in [-0.39, 0.29) is 24.4 Å². The summed E-state index contributed by atoms with van der Waals surface area (Å²) >= 11 is 1.58. The number of nitrogens with zero attached hydrogens (tertiary/aromatic N) is 3. The van der Waals surface area contributed by atoms with E-state index in [1.165, 1.54) is 19.3 Å². The van der Waals surface area contributed by atoms with Gasteiger partial charge in [-0.2, -0.15) is 5.10 Å². The molecule has 1 atom stereocenters. The van der Waals surface area contributed by atoms with Crippen molar-refractivity contribution in [3.05, 3.63) is 53.5 Å². The van der Waals surface area contributed by atoms with Gasteiger partial charge >= 0.3 is 0 Å². The van der Waals surface area contributed by atoms with Gasteiger partial charge in [-0.15, -0.1) is 11.3 Å². The number of fused-ring (bicyclic) bond motifs is 1. The summed E-state index contributed by atoms with van der Waals surface area (Å²) < 4.78 is 7.12. The van der Waals surface area contributed by atoms with E-state index in [0.717, 1.165) is 36.3 Å². The van der Waals surface area contributed by atoms with Crippen LogP contribution in [0.15, 0.2) is 47.8 Å². The number of hydrogen-bond acceptors (Lipinski definition) is 5. The first-order valence-electron chi connectivity index (χ1n) is 12.4. The molecule has 1 aromatic carbocycles. The highest BCUT2D eigenvalue weighted by atomic mass is 32.1. The first-order valence-corrected chi connectivity index (χ1v) is 13.3. The summed E-state index contributed by atoms with van der Waals surface area (Å²) in [6.07, 6.45) is 7.88.